The average molecular weight is 344 g/mol. The lowest BCUT2D eigenvalue weighted by atomic mass is 10.1. The molecule has 2 N–H and O–H groups in total. The molecule has 0 aromatic heterocycles. The molecule has 1 aromatic rings. The Balaban J connectivity index is 3.19. The number of aliphatic hydroxyl groups is 1. The number of hydrogen-bond donors (Lipinski definition) is 2. The Kier molecular flexibility index (Phi) is 3.94. The summed E-state index contributed by atoms with van der Waals surface area (Å²) in [5.41, 5.74) is 0.264. The van der Waals surface area contributed by atoms with Crippen molar-refractivity contribution in [1.29, 1.82) is 0 Å². The molecular formula is C8H5Br2ClO3. The number of aliphatic hydroxyl groups excluding tert-OH is 1. The molecule has 0 aliphatic heterocycles. The van der Waals surface area contributed by atoms with Gasteiger partial charge in [0.15, 0.2) is 6.10 Å². The fraction of sp³-hybridized carbons (Fsp3) is 0.125. The van der Waals surface area contributed by atoms with Crippen LogP contribution in [0.15, 0.2) is 21.1 Å². The van der Waals surface area contributed by atoms with Crippen molar-refractivity contribution < 1.29 is 15.0 Å². The molecule has 0 spiro atoms. The van der Waals surface area contributed by atoms with Crippen molar-refractivity contribution in [3.05, 3.63) is 31.7 Å². The number of carboxylic acids is 1. The second-order valence-electron chi connectivity index (χ2n) is 2.54. The van der Waals surface area contributed by atoms with Crippen LogP contribution in [-0.4, -0.2) is 16.2 Å². The van der Waals surface area contributed by atoms with Crippen molar-refractivity contribution in [2.45, 2.75) is 6.10 Å². The molecule has 0 heterocycles. The number of carboxylic acid groups (broad SMARTS) is 1. The van der Waals surface area contributed by atoms with Gasteiger partial charge in [-0.3, -0.25) is 0 Å². The maximum absolute atomic E-state index is 10.5. The molecule has 0 bridgehead atoms. The fourth-order valence-electron chi connectivity index (χ4n) is 0.876. The number of benzene rings is 1. The molecule has 1 atom stereocenters. The Morgan fingerprint density at radius 3 is 2.14 bits per heavy atom. The van der Waals surface area contributed by atoms with Crippen LogP contribution in [0, 0.1) is 0 Å². The van der Waals surface area contributed by atoms with Gasteiger partial charge in [0.05, 0.1) is 5.02 Å². The lowest BCUT2D eigenvalue weighted by molar-refractivity contribution is -0.146. The lowest BCUT2D eigenvalue weighted by Gasteiger charge is -2.08. The van der Waals surface area contributed by atoms with E-state index in [1.54, 1.807) is 0 Å². The van der Waals surface area contributed by atoms with Gasteiger partial charge in [-0.2, -0.15) is 0 Å². The first-order valence-corrected chi connectivity index (χ1v) is 5.45. The third-order valence-electron chi connectivity index (χ3n) is 1.56. The van der Waals surface area contributed by atoms with Gasteiger partial charge in [-0.25, -0.2) is 4.79 Å². The van der Waals surface area contributed by atoms with Gasteiger partial charge in [0.2, 0.25) is 0 Å². The number of hydrogen-bond acceptors (Lipinski definition) is 2. The molecule has 1 rings (SSSR count). The number of carbonyl (C=O) groups is 1. The van der Waals surface area contributed by atoms with Crippen molar-refractivity contribution in [1.82, 2.24) is 0 Å². The second-order valence-corrected chi connectivity index (χ2v) is 4.63. The predicted molar refractivity (Wildman–Crippen MR) is 59.4 cm³/mol. The Labute approximate surface area is 102 Å². The van der Waals surface area contributed by atoms with E-state index < -0.39 is 12.1 Å². The van der Waals surface area contributed by atoms with Crippen molar-refractivity contribution in [2.24, 2.45) is 0 Å². The van der Waals surface area contributed by atoms with Crippen LogP contribution >= 0.6 is 43.5 Å². The van der Waals surface area contributed by atoms with Gasteiger partial charge in [-0.1, -0.05) is 11.6 Å². The first kappa shape index (κ1) is 12.0. The summed E-state index contributed by atoms with van der Waals surface area (Å²) in [6.07, 6.45) is -1.54. The standard InChI is InChI=1S/C8H5Br2ClO3/c9-4-1-3(7(12)8(13)14)2-5(10)6(4)11/h1-2,7,12H,(H,13,14). The van der Waals surface area contributed by atoms with Gasteiger partial charge in [0.1, 0.15) is 0 Å². The topological polar surface area (TPSA) is 57.5 Å². The predicted octanol–water partition coefficient (Wildman–Crippen LogP) is 2.98. The fourth-order valence-corrected chi connectivity index (χ4v) is 2.21. The van der Waals surface area contributed by atoms with E-state index in [1.807, 2.05) is 0 Å². The van der Waals surface area contributed by atoms with E-state index >= 15 is 0 Å². The van der Waals surface area contributed by atoms with Gasteiger partial charge in [-0.15, -0.1) is 0 Å². The smallest absolute Gasteiger partial charge is 0.337 e. The maximum Gasteiger partial charge on any atom is 0.337 e. The minimum absolute atomic E-state index is 0.264. The summed E-state index contributed by atoms with van der Waals surface area (Å²) in [6, 6.07) is 2.93. The highest BCUT2D eigenvalue weighted by molar-refractivity contribution is 9.11. The molecule has 3 nitrogen and oxygen atoms in total. The third-order valence-corrected chi connectivity index (χ3v) is 3.67. The van der Waals surface area contributed by atoms with Crippen molar-refractivity contribution in [3.63, 3.8) is 0 Å². The van der Waals surface area contributed by atoms with Crippen molar-refractivity contribution >= 4 is 49.4 Å². The molecule has 14 heavy (non-hydrogen) atoms. The average Bonchev–Trinajstić information content (AvgIpc) is 2.12. The molecule has 0 amide bonds. The first-order chi connectivity index (χ1) is 6.43. The Morgan fingerprint density at radius 2 is 1.79 bits per heavy atom. The zero-order valence-electron chi connectivity index (χ0n) is 6.67. The Hall–Kier alpha value is -0.100. The van der Waals surface area contributed by atoms with E-state index in [9.17, 15) is 9.90 Å². The quantitative estimate of drug-likeness (QED) is 0.811. The third kappa shape index (κ3) is 2.48. The largest absolute Gasteiger partial charge is 0.479 e. The van der Waals surface area contributed by atoms with Crippen LogP contribution in [0.2, 0.25) is 5.02 Å². The molecule has 0 saturated carbocycles. The van der Waals surface area contributed by atoms with Gasteiger partial charge in [-0.05, 0) is 49.6 Å². The van der Waals surface area contributed by atoms with Crippen molar-refractivity contribution in [3.8, 4) is 0 Å². The van der Waals surface area contributed by atoms with Crippen LogP contribution in [0.3, 0.4) is 0 Å². The summed E-state index contributed by atoms with van der Waals surface area (Å²) in [7, 11) is 0. The molecule has 0 saturated heterocycles. The molecule has 0 radical (unpaired) electrons. The van der Waals surface area contributed by atoms with E-state index in [2.05, 4.69) is 31.9 Å². The van der Waals surface area contributed by atoms with Gasteiger partial charge in [0, 0.05) is 8.95 Å². The van der Waals surface area contributed by atoms with Crippen molar-refractivity contribution in [2.75, 3.05) is 0 Å². The molecule has 76 valence electrons. The van der Waals surface area contributed by atoms with Crippen LogP contribution in [-0.2, 0) is 4.79 Å². The highest BCUT2D eigenvalue weighted by atomic mass is 79.9. The molecule has 6 heteroatoms. The number of aliphatic carboxylic acids is 1. The molecule has 0 aliphatic rings. The molecular weight excluding hydrogens is 339 g/mol. The normalized spacial score (nSPS) is 12.6. The zero-order chi connectivity index (χ0) is 10.9. The highest BCUT2D eigenvalue weighted by Gasteiger charge is 2.18. The van der Waals surface area contributed by atoms with Crippen LogP contribution in [0.4, 0.5) is 0 Å². The SMILES string of the molecule is O=C(O)C(O)c1cc(Br)c(Cl)c(Br)c1. The molecule has 0 aliphatic carbocycles. The lowest BCUT2D eigenvalue weighted by Crippen LogP contribution is -2.10. The van der Waals surface area contributed by atoms with Gasteiger partial charge < -0.3 is 10.2 Å². The first-order valence-electron chi connectivity index (χ1n) is 3.48. The monoisotopic (exact) mass is 342 g/mol. The summed E-state index contributed by atoms with van der Waals surface area (Å²) < 4.78 is 1.06. The van der Waals surface area contributed by atoms with Crippen LogP contribution < -0.4 is 0 Å². The van der Waals surface area contributed by atoms with E-state index in [-0.39, 0.29) is 5.56 Å². The van der Waals surface area contributed by atoms with Gasteiger partial charge in [0.25, 0.3) is 0 Å². The summed E-state index contributed by atoms with van der Waals surface area (Å²) in [5.74, 6) is -1.30. The summed E-state index contributed by atoms with van der Waals surface area (Å²) in [5, 5.41) is 18.3. The van der Waals surface area contributed by atoms with E-state index in [0.29, 0.717) is 14.0 Å². The molecule has 0 fully saturated rings. The molecule has 1 aromatic carbocycles. The number of rotatable bonds is 2. The van der Waals surface area contributed by atoms with Gasteiger partial charge >= 0.3 is 5.97 Å². The minimum atomic E-state index is -1.54. The Morgan fingerprint density at radius 1 is 1.36 bits per heavy atom. The van der Waals surface area contributed by atoms with Crippen LogP contribution in [0.25, 0.3) is 0 Å². The maximum atomic E-state index is 10.5. The summed E-state index contributed by atoms with van der Waals surface area (Å²) >= 11 is 12.1. The molecule has 1 unspecified atom stereocenters. The summed E-state index contributed by atoms with van der Waals surface area (Å²) in [6.45, 7) is 0. The highest BCUT2D eigenvalue weighted by Crippen LogP contribution is 2.33. The van der Waals surface area contributed by atoms with E-state index in [0.717, 1.165) is 0 Å². The minimum Gasteiger partial charge on any atom is -0.479 e. The summed E-state index contributed by atoms with van der Waals surface area (Å²) in [4.78, 5) is 10.5. The number of halogens is 3. The zero-order valence-corrected chi connectivity index (χ0v) is 10.6. The van der Waals surface area contributed by atoms with Crippen LogP contribution in [0.1, 0.15) is 11.7 Å². The van der Waals surface area contributed by atoms with Crippen LogP contribution in [0.5, 0.6) is 0 Å². The van der Waals surface area contributed by atoms with E-state index in [4.69, 9.17) is 16.7 Å². The van der Waals surface area contributed by atoms with E-state index in [1.165, 1.54) is 12.1 Å². The second kappa shape index (κ2) is 4.61. The Bertz CT molecular complexity index is 358.